The number of aromatic nitrogens is 3. The summed E-state index contributed by atoms with van der Waals surface area (Å²) >= 11 is 6.25. The molecule has 5 heterocycles. The number of sulfonamides is 1. The van der Waals surface area contributed by atoms with E-state index in [0.29, 0.717) is 61.3 Å². The molecule has 0 spiro atoms. The van der Waals surface area contributed by atoms with Crippen LogP contribution in [0.1, 0.15) is 62.1 Å². The van der Waals surface area contributed by atoms with E-state index >= 15 is 0 Å². The minimum absolute atomic E-state index is 0.110. The van der Waals surface area contributed by atoms with Crippen LogP contribution in [0.15, 0.2) is 30.3 Å². The van der Waals surface area contributed by atoms with E-state index < -0.39 is 27.8 Å². The number of anilines is 3. The van der Waals surface area contributed by atoms with Gasteiger partial charge in [0.25, 0.3) is 5.91 Å². The molecule has 0 bridgehead atoms. The van der Waals surface area contributed by atoms with Gasteiger partial charge < -0.3 is 29.9 Å². The molecular weight excluding hydrogens is 636 g/mol. The zero-order valence-electron chi connectivity index (χ0n) is 26.2. The Balaban J connectivity index is 1.30. The summed E-state index contributed by atoms with van der Waals surface area (Å²) in [6.45, 7) is 7.93. The van der Waals surface area contributed by atoms with Gasteiger partial charge >= 0.3 is 6.09 Å². The second kappa shape index (κ2) is 12.1. The van der Waals surface area contributed by atoms with E-state index in [1.54, 1.807) is 9.42 Å². The highest BCUT2D eigenvalue weighted by atomic mass is 35.5. The van der Waals surface area contributed by atoms with E-state index in [1.165, 1.54) is 18.2 Å². The first-order chi connectivity index (χ1) is 21.6. The number of benzene rings is 1. The number of hydrogen-bond donors (Lipinski definition) is 3. The van der Waals surface area contributed by atoms with Gasteiger partial charge in [-0.3, -0.25) is 9.52 Å². The summed E-state index contributed by atoms with van der Waals surface area (Å²) in [6, 6.07) is 7.82. The topological polar surface area (TPSA) is 162 Å². The maximum atomic E-state index is 14.0. The third kappa shape index (κ3) is 6.95. The van der Waals surface area contributed by atoms with Crippen molar-refractivity contribution in [2.75, 3.05) is 53.5 Å². The molecule has 248 valence electrons. The van der Waals surface area contributed by atoms with Gasteiger partial charge in [0.1, 0.15) is 17.2 Å². The molecule has 1 unspecified atom stereocenters. The molecule has 1 aromatic carbocycles. The number of aliphatic hydroxyl groups excluding tert-OH is 1. The molecule has 3 aliphatic heterocycles. The molecule has 3 saturated heterocycles. The van der Waals surface area contributed by atoms with Crippen molar-refractivity contribution in [3.63, 3.8) is 0 Å². The number of carbonyl (C=O) groups excluding carboxylic acids is 2. The number of likely N-dealkylation sites (tertiary alicyclic amines) is 1. The number of nitrogens with one attached hydrogen (secondary N) is 2. The predicted molar refractivity (Wildman–Crippen MR) is 174 cm³/mol. The van der Waals surface area contributed by atoms with Gasteiger partial charge in [0, 0.05) is 49.9 Å². The first-order valence-electron chi connectivity index (χ1n) is 15.3. The Bertz CT molecular complexity index is 1760. The molecule has 14 nitrogen and oxygen atoms in total. The molecule has 1 atom stereocenters. The number of carbonyl (C=O) groups is 2. The third-order valence-electron chi connectivity index (χ3n) is 8.14. The number of alkyl carbamates (subject to hydrolysis) is 1. The van der Waals surface area contributed by atoms with Gasteiger partial charge in [-0.15, -0.1) is 0 Å². The minimum Gasteiger partial charge on any atom is -0.444 e. The van der Waals surface area contributed by atoms with Gasteiger partial charge in [-0.1, -0.05) is 11.6 Å². The number of hydrogen-bond acceptors (Lipinski definition) is 10. The molecule has 3 fully saturated rings. The van der Waals surface area contributed by atoms with Crippen molar-refractivity contribution in [2.45, 2.75) is 63.8 Å². The predicted octanol–water partition coefficient (Wildman–Crippen LogP) is 3.02. The average molecular weight is 675 g/mol. The number of amides is 2. The van der Waals surface area contributed by atoms with E-state index in [4.69, 9.17) is 26.4 Å². The summed E-state index contributed by atoms with van der Waals surface area (Å²) in [5.74, 6) is 1.13. The Hall–Kier alpha value is -3.82. The summed E-state index contributed by atoms with van der Waals surface area (Å²) in [6.07, 6.45) is 2.49. The summed E-state index contributed by atoms with van der Waals surface area (Å²) in [5, 5.41) is 18.1. The Morgan fingerprint density at radius 3 is 2.48 bits per heavy atom. The highest BCUT2D eigenvalue weighted by Crippen LogP contribution is 2.36. The van der Waals surface area contributed by atoms with Gasteiger partial charge in [0.15, 0.2) is 5.65 Å². The van der Waals surface area contributed by atoms with E-state index in [2.05, 4.69) is 14.9 Å². The van der Waals surface area contributed by atoms with Gasteiger partial charge in [-0.25, -0.2) is 18.2 Å². The Morgan fingerprint density at radius 1 is 1.07 bits per heavy atom. The van der Waals surface area contributed by atoms with Gasteiger partial charge in [0.2, 0.25) is 10.0 Å². The fraction of sp³-hybridized carbons (Fsp3) is 0.533. The minimum atomic E-state index is -3.64. The first-order valence-corrected chi connectivity index (χ1v) is 17.6. The van der Waals surface area contributed by atoms with E-state index in [9.17, 15) is 23.1 Å². The standard InChI is InChI=1S/C30H39ClN8O6S/c1-30(2,3)45-29(42)32-19-14-37(15-19)27-13-25(36-16-20(40)17-36)33-26-12-23(34-39(26)27)24-7-5-6-10-38(24)28(41)21-11-18(31)8-9-22(21)35-46(4,43)44/h8-9,11-13,19-20,24,35,40H,5-7,10,14-17H2,1-4H3,(H,32,42). The third-order valence-corrected chi connectivity index (χ3v) is 8.96. The van der Waals surface area contributed by atoms with Crippen LogP contribution in [0.25, 0.3) is 5.65 Å². The number of rotatable bonds is 7. The second-order valence-corrected chi connectivity index (χ2v) is 15.4. The lowest BCUT2D eigenvalue weighted by molar-refractivity contribution is 0.0495. The number of piperidine rings is 1. The maximum absolute atomic E-state index is 14.0. The largest absolute Gasteiger partial charge is 0.444 e. The molecule has 46 heavy (non-hydrogen) atoms. The SMILES string of the molecule is CC(C)(C)OC(=O)NC1CN(c2cc(N3CC(O)C3)nc3cc(C4CCCCN4C(=O)c4cc(Cl)ccc4NS(C)(=O)=O)nn23)C1. The highest BCUT2D eigenvalue weighted by molar-refractivity contribution is 7.92. The van der Waals surface area contributed by atoms with Crippen LogP contribution >= 0.6 is 11.6 Å². The van der Waals surface area contributed by atoms with Crippen molar-refractivity contribution in [1.29, 1.82) is 0 Å². The molecule has 0 aliphatic carbocycles. The van der Waals surface area contributed by atoms with Crippen molar-refractivity contribution in [1.82, 2.24) is 24.8 Å². The van der Waals surface area contributed by atoms with Crippen LogP contribution in [0.3, 0.4) is 0 Å². The summed E-state index contributed by atoms with van der Waals surface area (Å²) in [7, 11) is -3.64. The molecule has 0 radical (unpaired) electrons. The molecule has 3 aromatic rings. The molecule has 6 rings (SSSR count). The van der Waals surface area contributed by atoms with Crippen LogP contribution in [0.4, 0.5) is 22.1 Å². The zero-order valence-corrected chi connectivity index (χ0v) is 27.8. The fourth-order valence-electron chi connectivity index (χ4n) is 6.01. The average Bonchev–Trinajstić information content (AvgIpc) is 3.36. The number of ether oxygens (including phenoxy) is 1. The number of aliphatic hydroxyl groups is 1. The van der Waals surface area contributed by atoms with Crippen molar-refractivity contribution in [3.8, 4) is 0 Å². The van der Waals surface area contributed by atoms with Gasteiger partial charge in [-0.05, 0) is 58.2 Å². The quantitative estimate of drug-likeness (QED) is 0.340. The van der Waals surface area contributed by atoms with Crippen LogP contribution in [-0.2, 0) is 14.8 Å². The van der Waals surface area contributed by atoms with Crippen LogP contribution in [0.2, 0.25) is 5.02 Å². The Morgan fingerprint density at radius 2 is 1.80 bits per heavy atom. The van der Waals surface area contributed by atoms with Crippen molar-refractivity contribution < 1.29 is 27.9 Å². The molecule has 3 aliphatic rings. The Kier molecular flexibility index (Phi) is 8.44. The second-order valence-electron chi connectivity index (χ2n) is 13.2. The fourth-order valence-corrected chi connectivity index (χ4v) is 6.76. The smallest absolute Gasteiger partial charge is 0.407 e. The van der Waals surface area contributed by atoms with Crippen LogP contribution in [0, 0.1) is 0 Å². The summed E-state index contributed by atoms with van der Waals surface area (Å²) < 4.78 is 33.7. The molecule has 2 amide bonds. The molecule has 3 N–H and O–H groups in total. The zero-order chi connectivity index (χ0) is 33.0. The summed E-state index contributed by atoms with van der Waals surface area (Å²) in [5.41, 5.74) is 0.975. The number of β-amino-alcohol motifs (C(OH)–C–C–N with tert-alkyl or cyclic N) is 1. The normalized spacial score (nSPS) is 19.5. The lowest BCUT2D eigenvalue weighted by Gasteiger charge is -2.42. The number of nitrogens with zero attached hydrogens (tertiary/aromatic N) is 6. The van der Waals surface area contributed by atoms with Crippen molar-refractivity contribution in [2.24, 2.45) is 0 Å². The van der Waals surface area contributed by atoms with Crippen LogP contribution < -0.4 is 19.8 Å². The number of fused-ring (bicyclic) bond motifs is 1. The molecule has 0 saturated carbocycles. The van der Waals surface area contributed by atoms with E-state index in [0.717, 1.165) is 24.9 Å². The lowest BCUT2D eigenvalue weighted by atomic mass is 9.98. The van der Waals surface area contributed by atoms with Crippen molar-refractivity contribution >= 4 is 56.6 Å². The first kappa shape index (κ1) is 32.1. The Labute approximate surface area is 272 Å². The maximum Gasteiger partial charge on any atom is 0.407 e. The van der Waals surface area contributed by atoms with Gasteiger partial charge in [0.05, 0.1) is 41.4 Å². The number of halogens is 1. The van der Waals surface area contributed by atoms with E-state index in [1.807, 2.05) is 37.8 Å². The monoisotopic (exact) mass is 674 g/mol. The van der Waals surface area contributed by atoms with E-state index in [-0.39, 0.29) is 29.2 Å². The van der Waals surface area contributed by atoms with Crippen LogP contribution in [0.5, 0.6) is 0 Å². The van der Waals surface area contributed by atoms with Crippen LogP contribution in [-0.4, -0.2) is 102 Å². The van der Waals surface area contributed by atoms with Crippen molar-refractivity contribution in [3.05, 3.63) is 46.6 Å². The molecular formula is C30H39ClN8O6S. The summed E-state index contributed by atoms with van der Waals surface area (Å²) in [4.78, 5) is 37.0. The highest BCUT2D eigenvalue weighted by Gasteiger charge is 2.36. The molecule has 16 heteroatoms. The molecule has 2 aromatic heterocycles. The lowest BCUT2D eigenvalue weighted by Crippen LogP contribution is -2.60. The van der Waals surface area contributed by atoms with Gasteiger partial charge in [-0.2, -0.15) is 9.61 Å².